The second-order valence-electron chi connectivity index (χ2n) is 7.08. The lowest BCUT2D eigenvalue weighted by Gasteiger charge is -2.31. The minimum absolute atomic E-state index is 0.0382. The van der Waals surface area contributed by atoms with Crippen molar-refractivity contribution in [3.63, 3.8) is 0 Å². The molecule has 8 heteroatoms. The molecule has 0 spiro atoms. The number of piperidine rings is 1. The van der Waals surface area contributed by atoms with Gasteiger partial charge in [-0.05, 0) is 39.7 Å². The van der Waals surface area contributed by atoms with Crippen molar-refractivity contribution in [2.24, 2.45) is 0 Å². The summed E-state index contributed by atoms with van der Waals surface area (Å²) in [6.07, 6.45) is 6.95. The highest BCUT2D eigenvalue weighted by Gasteiger charge is 2.26. The van der Waals surface area contributed by atoms with Crippen LogP contribution in [-0.2, 0) is 0 Å². The van der Waals surface area contributed by atoms with Crippen LogP contribution in [-0.4, -0.2) is 49.0 Å². The first kappa shape index (κ1) is 18.2. The van der Waals surface area contributed by atoms with Crippen molar-refractivity contribution in [1.29, 1.82) is 0 Å². The van der Waals surface area contributed by atoms with Crippen LogP contribution in [0.2, 0.25) is 0 Å². The van der Waals surface area contributed by atoms with Crippen LogP contribution in [0.3, 0.4) is 0 Å². The minimum Gasteiger partial charge on any atom is -0.361 e. The van der Waals surface area contributed by atoms with Gasteiger partial charge in [-0.25, -0.2) is 9.97 Å². The standard InChI is InChI=1S/C20H22N6O2/c1-12-19(13(2)28-25-12)18-11-22-17(10-23-18)15-5-8-26(9-6-15)20(27)16-4-7-21-14(3)24-16/h4,7,10-11,15H,5-6,8-9H2,1-3H3. The van der Waals surface area contributed by atoms with Crippen molar-refractivity contribution < 1.29 is 9.32 Å². The second-order valence-corrected chi connectivity index (χ2v) is 7.08. The molecule has 1 aliphatic rings. The molecule has 0 aromatic carbocycles. The first-order chi connectivity index (χ1) is 13.5. The van der Waals surface area contributed by atoms with E-state index >= 15 is 0 Å². The summed E-state index contributed by atoms with van der Waals surface area (Å²) >= 11 is 0. The summed E-state index contributed by atoms with van der Waals surface area (Å²) < 4.78 is 5.21. The van der Waals surface area contributed by atoms with Crippen LogP contribution in [0.5, 0.6) is 0 Å². The molecule has 0 aliphatic carbocycles. The Hall–Kier alpha value is -3.16. The van der Waals surface area contributed by atoms with Crippen molar-refractivity contribution in [3.05, 3.63) is 53.3 Å². The maximum atomic E-state index is 12.6. The third kappa shape index (κ3) is 3.49. The molecule has 0 N–H and O–H groups in total. The normalized spacial score (nSPS) is 15.0. The van der Waals surface area contributed by atoms with Crippen molar-refractivity contribution in [1.82, 2.24) is 30.0 Å². The van der Waals surface area contributed by atoms with Gasteiger partial charge in [0, 0.05) is 31.4 Å². The molecule has 1 amide bonds. The van der Waals surface area contributed by atoms with Gasteiger partial charge in [-0.1, -0.05) is 5.16 Å². The van der Waals surface area contributed by atoms with Crippen LogP contribution in [0.15, 0.2) is 29.2 Å². The maximum Gasteiger partial charge on any atom is 0.272 e. The van der Waals surface area contributed by atoms with Crippen LogP contribution in [0.1, 0.15) is 52.2 Å². The monoisotopic (exact) mass is 378 g/mol. The number of likely N-dealkylation sites (tertiary alicyclic amines) is 1. The van der Waals surface area contributed by atoms with Crippen molar-refractivity contribution in [2.75, 3.05) is 13.1 Å². The first-order valence-electron chi connectivity index (χ1n) is 9.37. The van der Waals surface area contributed by atoms with E-state index in [9.17, 15) is 4.79 Å². The van der Waals surface area contributed by atoms with Gasteiger partial charge < -0.3 is 9.42 Å². The average Bonchev–Trinajstić information content (AvgIpc) is 3.06. The van der Waals surface area contributed by atoms with E-state index in [0.29, 0.717) is 30.5 Å². The number of hydrogen-bond donors (Lipinski definition) is 0. The van der Waals surface area contributed by atoms with Gasteiger partial charge in [0.2, 0.25) is 0 Å². The lowest BCUT2D eigenvalue weighted by atomic mass is 9.93. The zero-order valence-corrected chi connectivity index (χ0v) is 16.2. The zero-order valence-electron chi connectivity index (χ0n) is 16.2. The number of rotatable bonds is 3. The van der Waals surface area contributed by atoms with Crippen LogP contribution in [0.25, 0.3) is 11.3 Å². The smallest absolute Gasteiger partial charge is 0.272 e. The van der Waals surface area contributed by atoms with Crippen molar-refractivity contribution in [2.45, 2.75) is 39.5 Å². The third-order valence-electron chi connectivity index (χ3n) is 5.16. The van der Waals surface area contributed by atoms with Crippen molar-refractivity contribution >= 4 is 5.91 Å². The van der Waals surface area contributed by atoms with E-state index in [4.69, 9.17) is 4.52 Å². The predicted molar refractivity (Wildman–Crippen MR) is 102 cm³/mol. The molecule has 0 radical (unpaired) electrons. The topological polar surface area (TPSA) is 97.9 Å². The number of amides is 1. The van der Waals surface area contributed by atoms with E-state index in [1.165, 1.54) is 0 Å². The van der Waals surface area contributed by atoms with Crippen LogP contribution in [0.4, 0.5) is 0 Å². The SMILES string of the molecule is Cc1nccc(C(=O)N2CCC(c3cnc(-c4c(C)noc4C)cn3)CC2)n1. The van der Waals surface area contributed by atoms with E-state index in [0.717, 1.165) is 41.2 Å². The Balaban J connectivity index is 1.42. The average molecular weight is 378 g/mol. The molecule has 4 heterocycles. The highest BCUT2D eigenvalue weighted by molar-refractivity contribution is 5.92. The fourth-order valence-electron chi connectivity index (χ4n) is 3.64. The lowest BCUT2D eigenvalue weighted by Crippen LogP contribution is -2.38. The molecular weight excluding hydrogens is 356 g/mol. The molecule has 3 aromatic rings. The summed E-state index contributed by atoms with van der Waals surface area (Å²) in [5, 5.41) is 3.97. The quantitative estimate of drug-likeness (QED) is 0.691. The van der Waals surface area contributed by atoms with Gasteiger partial charge in [0.15, 0.2) is 0 Å². The second kappa shape index (κ2) is 7.46. The molecule has 144 valence electrons. The summed E-state index contributed by atoms with van der Waals surface area (Å²) in [5.41, 5.74) is 3.90. The fraction of sp³-hybridized carbons (Fsp3) is 0.400. The molecule has 0 saturated carbocycles. The molecule has 4 rings (SSSR count). The number of hydrogen-bond acceptors (Lipinski definition) is 7. The van der Waals surface area contributed by atoms with Gasteiger partial charge in [0.05, 0.1) is 28.8 Å². The minimum atomic E-state index is -0.0382. The Morgan fingerprint density at radius 2 is 1.89 bits per heavy atom. The van der Waals surface area contributed by atoms with E-state index in [1.807, 2.05) is 24.9 Å². The summed E-state index contributed by atoms with van der Waals surface area (Å²) in [6.45, 7) is 6.91. The summed E-state index contributed by atoms with van der Waals surface area (Å²) in [5.74, 6) is 1.60. The Kier molecular flexibility index (Phi) is 4.85. The highest BCUT2D eigenvalue weighted by Crippen LogP contribution is 2.29. The number of nitrogens with zero attached hydrogens (tertiary/aromatic N) is 6. The molecule has 1 saturated heterocycles. The van der Waals surface area contributed by atoms with Gasteiger partial charge in [-0.3, -0.25) is 14.8 Å². The molecule has 3 aromatic heterocycles. The van der Waals surface area contributed by atoms with E-state index in [2.05, 4.69) is 25.1 Å². The maximum absolute atomic E-state index is 12.6. The summed E-state index contributed by atoms with van der Waals surface area (Å²) in [6, 6.07) is 1.67. The largest absolute Gasteiger partial charge is 0.361 e. The van der Waals surface area contributed by atoms with E-state index in [1.54, 1.807) is 25.4 Å². The number of carbonyl (C=O) groups is 1. The molecule has 0 bridgehead atoms. The molecule has 8 nitrogen and oxygen atoms in total. The Labute approximate surface area is 163 Å². The van der Waals surface area contributed by atoms with E-state index in [-0.39, 0.29) is 5.91 Å². The van der Waals surface area contributed by atoms with Gasteiger partial charge in [0.1, 0.15) is 17.3 Å². The number of carbonyl (C=O) groups excluding carboxylic acids is 1. The van der Waals surface area contributed by atoms with Crippen LogP contribution >= 0.6 is 0 Å². The molecule has 1 fully saturated rings. The van der Waals surface area contributed by atoms with E-state index < -0.39 is 0 Å². The highest BCUT2D eigenvalue weighted by atomic mass is 16.5. The van der Waals surface area contributed by atoms with Crippen LogP contribution in [0, 0.1) is 20.8 Å². The predicted octanol–water partition coefficient (Wildman–Crippen LogP) is 2.87. The number of aromatic nitrogens is 5. The Morgan fingerprint density at radius 3 is 2.50 bits per heavy atom. The van der Waals surface area contributed by atoms with Gasteiger partial charge in [-0.15, -0.1) is 0 Å². The van der Waals surface area contributed by atoms with Gasteiger partial charge >= 0.3 is 0 Å². The third-order valence-corrected chi connectivity index (χ3v) is 5.16. The summed E-state index contributed by atoms with van der Waals surface area (Å²) in [4.78, 5) is 32.0. The Bertz CT molecular complexity index is 971. The number of aryl methyl sites for hydroxylation is 3. The molecular formula is C20H22N6O2. The first-order valence-corrected chi connectivity index (χ1v) is 9.37. The zero-order chi connectivity index (χ0) is 19.7. The van der Waals surface area contributed by atoms with Gasteiger partial charge in [-0.2, -0.15) is 0 Å². The molecule has 1 aliphatic heterocycles. The van der Waals surface area contributed by atoms with Gasteiger partial charge in [0.25, 0.3) is 5.91 Å². The van der Waals surface area contributed by atoms with Crippen molar-refractivity contribution in [3.8, 4) is 11.3 Å². The lowest BCUT2D eigenvalue weighted by molar-refractivity contribution is 0.0705. The van der Waals surface area contributed by atoms with Crippen LogP contribution < -0.4 is 0 Å². The molecule has 0 atom stereocenters. The fourth-order valence-corrected chi connectivity index (χ4v) is 3.64. The Morgan fingerprint density at radius 1 is 1.11 bits per heavy atom. The summed E-state index contributed by atoms with van der Waals surface area (Å²) in [7, 11) is 0. The molecule has 28 heavy (non-hydrogen) atoms. The molecule has 0 unspecified atom stereocenters.